The van der Waals surface area contributed by atoms with E-state index >= 15 is 0 Å². The topological polar surface area (TPSA) is 137 Å². The number of ether oxygens (including phenoxy) is 1. The fourth-order valence-corrected chi connectivity index (χ4v) is 2.21. The molecule has 6 N–H and O–H groups in total. The maximum atomic E-state index is 11.8. The summed E-state index contributed by atoms with van der Waals surface area (Å²) in [5.74, 6) is -0.244. The summed E-state index contributed by atoms with van der Waals surface area (Å²) in [5.41, 5.74) is 6.26. The minimum absolute atomic E-state index is 0.114. The van der Waals surface area contributed by atoms with Crippen molar-refractivity contribution in [3.8, 4) is 0 Å². The van der Waals surface area contributed by atoms with Crippen LogP contribution in [0.2, 0.25) is 0 Å². The maximum absolute atomic E-state index is 11.8. The van der Waals surface area contributed by atoms with Crippen LogP contribution in [-0.2, 0) is 19.6 Å². The lowest BCUT2D eigenvalue weighted by molar-refractivity contribution is -0.121. The number of anilines is 2. The molecule has 0 bridgehead atoms. The second-order valence-corrected chi connectivity index (χ2v) is 6.05. The predicted molar refractivity (Wildman–Crippen MR) is 80.2 cm³/mol. The summed E-state index contributed by atoms with van der Waals surface area (Å²) in [6.45, 7) is 2.44. The van der Waals surface area contributed by atoms with E-state index in [4.69, 9.17) is 15.6 Å². The van der Waals surface area contributed by atoms with Gasteiger partial charge >= 0.3 is 0 Å². The van der Waals surface area contributed by atoms with Gasteiger partial charge in [0.05, 0.1) is 11.5 Å². The van der Waals surface area contributed by atoms with E-state index in [1.807, 2.05) is 0 Å². The van der Waals surface area contributed by atoms with Crippen LogP contribution in [0.4, 0.5) is 11.4 Å². The van der Waals surface area contributed by atoms with Crippen LogP contribution in [-0.4, -0.2) is 40.6 Å². The van der Waals surface area contributed by atoms with Crippen LogP contribution < -0.4 is 21.5 Å². The number of hydrogen-bond donors (Lipinski definition) is 4. The SMILES string of the molecule is COCCNC(=O)C(C)Nc1cc(N)cc(S(N)(=O)=O)c1. The Morgan fingerprint density at radius 3 is 2.62 bits per heavy atom. The molecule has 0 spiro atoms. The van der Waals surface area contributed by atoms with Gasteiger partial charge in [-0.15, -0.1) is 0 Å². The molecule has 0 aromatic heterocycles. The van der Waals surface area contributed by atoms with Gasteiger partial charge in [0.25, 0.3) is 0 Å². The Morgan fingerprint density at radius 1 is 1.38 bits per heavy atom. The first-order valence-electron chi connectivity index (χ1n) is 6.20. The molecule has 1 rings (SSSR count). The van der Waals surface area contributed by atoms with Gasteiger partial charge in [-0.05, 0) is 25.1 Å². The molecule has 0 aliphatic rings. The molecule has 118 valence electrons. The van der Waals surface area contributed by atoms with E-state index in [-0.39, 0.29) is 16.5 Å². The number of hydrogen-bond acceptors (Lipinski definition) is 6. The lowest BCUT2D eigenvalue weighted by atomic mass is 10.2. The summed E-state index contributed by atoms with van der Waals surface area (Å²) < 4.78 is 27.5. The zero-order valence-corrected chi connectivity index (χ0v) is 12.7. The lowest BCUT2D eigenvalue weighted by Crippen LogP contribution is -2.39. The van der Waals surface area contributed by atoms with E-state index in [0.29, 0.717) is 18.8 Å². The van der Waals surface area contributed by atoms with Crippen molar-refractivity contribution in [1.29, 1.82) is 0 Å². The first-order chi connectivity index (χ1) is 9.74. The minimum Gasteiger partial charge on any atom is -0.399 e. The van der Waals surface area contributed by atoms with E-state index < -0.39 is 16.1 Å². The van der Waals surface area contributed by atoms with Crippen molar-refractivity contribution in [2.45, 2.75) is 17.9 Å². The Morgan fingerprint density at radius 2 is 2.05 bits per heavy atom. The Balaban J connectivity index is 2.78. The van der Waals surface area contributed by atoms with Crippen molar-refractivity contribution in [3.05, 3.63) is 18.2 Å². The van der Waals surface area contributed by atoms with Crippen molar-refractivity contribution < 1.29 is 17.9 Å². The van der Waals surface area contributed by atoms with Gasteiger partial charge in [0.15, 0.2) is 0 Å². The van der Waals surface area contributed by atoms with Crippen LogP contribution in [0.15, 0.2) is 23.1 Å². The second kappa shape index (κ2) is 7.25. The number of carbonyl (C=O) groups is 1. The van der Waals surface area contributed by atoms with Crippen LogP contribution in [0.25, 0.3) is 0 Å². The Bertz CT molecular complexity index is 603. The standard InChI is InChI=1S/C12H20N4O4S/c1-8(12(17)15-3-4-20-2)16-10-5-9(13)6-11(7-10)21(14,18)19/h5-8,16H,3-4,13H2,1-2H3,(H,15,17)(H2,14,18,19). The maximum Gasteiger partial charge on any atom is 0.242 e. The monoisotopic (exact) mass is 316 g/mol. The molecular weight excluding hydrogens is 296 g/mol. The van der Waals surface area contributed by atoms with Gasteiger partial charge in [0, 0.05) is 25.0 Å². The molecule has 1 amide bonds. The first-order valence-corrected chi connectivity index (χ1v) is 7.75. The van der Waals surface area contributed by atoms with Gasteiger partial charge in [0.2, 0.25) is 15.9 Å². The summed E-state index contributed by atoms with van der Waals surface area (Å²) in [4.78, 5) is 11.7. The smallest absolute Gasteiger partial charge is 0.242 e. The molecule has 9 heteroatoms. The molecule has 1 aromatic rings. The molecule has 1 unspecified atom stereocenters. The van der Waals surface area contributed by atoms with Crippen LogP contribution in [0.5, 0.6) is 0 Å². The molecule has 0 heterocycles. The number of primary sulfonamides is 1. The summed E-state index contributed by atoms with van der Waals surface area (Å²) >= 11 is 0. The van der Waals surface area contributed by atoms with Gasteiger partial charge in [0.1, 0.15) is 6.04 Å². The van der Waals surface area contributed by atoms with Gasteiger partial charge in [-0.2, -0.15) is 0 Å². The number of benzene rings is 1. The van der Waals surface area contributed by atoms with E-state index in [1.54, 1.807) is 6.92 Å². The second-order valence-electron chi connectivity index (χ2n) is 4.49. The molecule has 21 heavy (non-hydrogen) atoms. The summed E-state index contributed by atoms with van der Waals surface area (Å²) in [5, 5.41) is 10.6. The largest absolute Gasteiger partial charge is 0.399 e. The number of methoxy groups -OCH3 is 1. The summed E-state index contributed by atoms with van der Waals surface area (Å²) in [6, 6.07) is 3.53. The van der Waals surface area contributed by atoms with Gasteiger partial charge in [-0.25, -0.2) is 13.6 Å². The van der Waals surface area contributed by atoms with Crippen molar-refractivity contribution in [1.82, 2.24) is 5.32 Å². The third-order valence-electron chi connectivity index (χ3n) is 2.64. The van der Waals surface area contributed by atoms with Crippen molar-refractivity contribution in [3.63, 3.8) is 0 Å². The predicted octanol–water partition coefficient (Wildman–Crippen LogP) is -0.521. The van der Waals surface area contributed by atoms with Crippen molar-refractivity contribution >= 4 is 27.3 Å². The highest BCUT2D eigenvalue weighted by Gasteiger charge is 2.14. The fraction of sp³-hybridized carbons (Fsp3) is 0.417. The Kier molecular flexibility index (Phi) is 5.94. The molecule has 8 nitrogen and oxygen atoms in total. The van der Waals surface area contributed by atoms with Crippen LogP contribution in [0.1, 0.15) is 6.92 Å². The quantitative estimate of drug-likeness (QED) is 0.394. The normalized spacial score (nSPS) is 12.7. The number of carbonyl (C=O) groups excluding carboxylic acids is 1. The van der Waals surface area contributed by atoms with E-state index in [0.717, 1.165) is 0 Å². The molecular formula is C12H20N4O4S. The molecule has 1 aromatic carbocycles. The highest BCUT2D eigenvalue weighted by atomic mass is 32.2. The first kappa shape index (κ1) is 17.2. The third kappa shape index (κ3) is 5.58. The number of amides is 1. The highest BCUT2D eigenvalue weighted by Crippen LogP contribution is 2.20. The lowest BCUT2D eigenvalue weighted by Gasteiger charge is -2.16. The van der Waals surface area contributed by atoms with Crippen molar-refractivity contribution in [2.75, 3.05) is 31.3 Å². The zero-order chi connectivity index (χ0) is 16.0. The number of nitrogens with two attached hydrogens (primary N) is 2. The molecule has 0 saturated carbocycles. The van der Waals surface area contributed by atoms with Gasteiger partial charge < -0.3 is 21.1 Å². The number of nitrogens with one attached hydrogen (secondary N) is 2. The zero-order valence-electron chi connectivity index (χ0n) is 11.9. The van der Waals surface area contributed by atoms with Gasteiger partial charge in [-0.3, -0.25) is 4.79 Å². The highest BCUT2D eigenvalue weighted by molar-refractivity contribution is 7.89. The van der Waals surface area contributed by atoms with E-state index in [1.165, 1.54) is 25.3 Å². The Hall–Kier alpha value is -1.84. The molecule has 0 aliphatic heterocycles. The summed E-state index contributed by atoms with van der Waals surface area (Å²) in [7, 11) is -2.32. The molecule has 0 radical (unpaired) electrons. The van der Waals surface area contributed by atoms with Crippen LogP contribution >= 0.6 is 0 Å². The average molecular weight is 316 g/mol. The van der Waals surface area contributed by atoms with E-state index in [2.05, 4.69) is 10.6 Å². The number of rotatable bonds is 7. The Labute approximate surface area is 123 Å². The minimum atomic E-state index is -3.86. The van der Waals surface area contributed by atoms with E-state index in [9.17, 15) is 13.2 Å². The third-order valence-corrected chi connectivity index (χ3v) is 3.53. The molecule has 0 saturated heterocycles. The fourth-order valence-electron chi connectivity index (χ4n) is 1.61. The van der Waals surface area contributed by atoms with Gasteiger partial charge in [-0.1, -0.05) is 0 Å². The van der Waals surface area contributed by atoms with Crippen molar-refractivity contribution in [2.24, 2.45) is 5.14 Å². The molecule has 1 atom stereocenters. The molecule has 0 aliphatic carbocycles. The van der Waals surface area contributed by atoms with Crippen LogP contribution in [0.3, 0.4) is 0 Å². The average Bonchev–Trinajstić information content (AvgIpc) is 2.37. The number of nitrogen functional groups attached to an aromatic ring is 1. The number of sulfonamides is 1. The summed E-state index contributed by atoms with van der Waals surface area (Å²) in [6.07, 6.45) is 0. The van der Waals surface area contributed by atoms with Crippen LogP contribution in [0, 0.1) is 0 Å². The molecule has 0 fully saturated rings.